The molecule has 0 saturated carbocycles. The van der Waals surface area contributed by atoms with Crippen LogP contribution in [0.5, 0.6) is 5.75 Å². The summed E-state index contributed by atoms with van der Waals surface area (Å²) in [5.41, 5.74) is 1.27. The molecule has 0 spiro atoms. The van der Waals surface area contributed by atoms with Crippen molar-refractivity contribution in [1.82, 2.24) is 0 Å². The minimum atomic E-state index is 0. The van der Waals surface area contributed by atoms with Gasteiger partial charge in [-0.2, -0.15) is 0 Å². The first kappa shape index (κ1) is 8.49. The molecular formula is C9H8OOs. The van der Waals surface area contributed by atoms with Crippen molar-refractivity contribution >= 4 is 0 Å². The fourth-order valence-electron chi connectivity index (χ4n) is 1.08. The number of allylic oxidation sites excluding steroid dienone is 1. The molecule has 0 saturated heterocycles. The van der Waals surface area contributed by atoms with Gasteiger partial charge in [-0.25, -0.2) is 0 Å². The summed E-state index contributed by atoms with van der Waals surface area (Å²) < 4.78 is 5.24. The topological polar surface area (TPSA) is 9.23 Å². The molecule has 2 rings (SSSR count). The molecule has 0 unspecified atom stereocenters. The molecule has 0 atom stereocenters. The minimum Gasteiger partial charge on any atom is -0.465 e. The Balaban J connectivity index is 0.000000605. The molecule has 0 aliphatic carbocycles. The van der Waals surface area contributed by atoms with Crippen molar-refractivity contribution in [2.45, 2.75) is 6.42 Å². The number of benzene rings is 1. The number of rotatable bonds is 0. The summed E-state index contributed by atoms with van der Waals surface area (Å²) in [6, 6.07) is 8.08. The maximum absolute atomic E-state index is 5.24. The Hall–Kier alpha value is -0.604. The molecule has 1 heterocycles. The van der Waals surface area contributed by atoms with Gasteiger partial charge in [-0.1, -0.05) is 18.2 Å². The molecule has 1 nitrogen and oxygen atoms in total. The zero-order valence-corrected chi connectivity index (χ0v) is 8.47. The van der Waals surface area contributed by atoms with E-state index < -0.39 is 0 Å². The monoisotopic (exact) mass is 324 g/mol. The largest absolute Gasteiger partial charge is 0.465 e. The zero-order chi connectivity index (χ0) is 6.81. The van der Waals surface area contributed by atoms with Gasteiger partial charge in [-0.05, 0) is 24.1 Å². The molecule has 0 aromatic heterocycles. The van der Waals surface area contributed by atoms with E-state index in [0.29, 0.717) is 0 Å². The van der Waals surface area contributed by atoms with Gasteiger partial charge in [0.15, 0.2) is 0 Å². The van der Waals surface area contributed by atoms with Gasteiger partial charge in [-0.3, -0.25) is 0 Å². The molecule has 58 valence electrons. The van der Waals surface area contributed by atoms with Gasteiger partial charge >= 0.3 is 0 Å². The summed E-state index contributed by atoms with van der Waals surface area (Å²) in [5.74, 6) is 0.991. The summed E-state index contributed by atoms with van der Waals surface area (Å²) in [6.45, 7) is 0. The molecule has 0 fully saturated rings. The molecule has 11 heavy (non-hydrogen) atoms. The molecule has 1 aliphatic rings. The van der Waals surface area contributed by atoms with E-state index in [1.165, 1.54) is 5.56 Å². The molecule has 0 amide bonds. The van der Waals surface area contributed by atoms with E-state index in [2.05, 4.69) is 6.07 Å². The van der Waals surface area contributed by atoms with Gasteiger partial charge in [0.05, 0.1) is 6.26 Å². The Kier molecular flexibility index (Phi) is 2.85. The third-order valence-corrected chi connectivity index (χ3v) is 1.60. The van der Waals surface area contributed by atoms with Crippen LogP contribution < -0.4 is 4.74 Å². The molecule has 0 N–H and O–H groups in total. The molecule has 1 aromatic rings. The van der Waals surface area contributed by atoms with Gasteiger partial charge in [0.1, 0.15) is 5.75 Å². The number of hydrogen-bond acceptors (Lipinski definition) is 1. The Labute approximate surface area is 79.1 Å². The van der Waals surface area contributed by atoms with Crippen molar-refractivity contribution in [3.8, 4) is 5.75 Å². The van der Waals surface area contributed by atoms with E-state index in [9.17, 15) is 0 Å². The van der Waals surface area contributed by atoms with Gasteiger partial charge in [0.25, 0.3) is 0 Å². The van der Waals surface area contributed by atoms with Crippen molar-refractivity contribution < 1.29 is 24.5 Å². The summed E-state index contributed by atoms with van der Waals surface area (Å²) in [7, 11) is 0. The fourth-order valence-corrected chi connectivity index (χ4v) is 1.08. The van der Waals surface area contributed by atoms with Crippen molar-refractivity contribution in [1.29, 1.82) is 0 Å². The number of hydrogen-bond donors (Lipinski definition) is 0. The standard InChI is InChI=1S/C9H8O.Os/c1-2-6-9-8(4-1)5-3-7-10-9;/h1-4,6-7H,5H2;. The molecule has 2 heteroatoms. The second kappa shape index (κ2) is 3.69. The van der Waals surface area contributed by atoms with Crippen LogP contribution >= 0.6 is 0 Å². The second-order valence-corrected chi connectivity index (χ2v) is 2.30. The zero-order valence-electron chi connectivity index (χ0n) is 5.93. The third kappa shape index (κ3) is 1.70. The number of ether oxygens (including phenoxy) is 1. The normalized spacial score (nSPS) is 12.7. The van der Waals surface area contributed by atoms with Crippen molar-refractivity contribution in [3.05, 3.63) is 42.2 Å². The van der Waals surface area contributed by atoms with Gasteiger partial charge < -0.3 is 4.74 Å². The molecule has 0 radical (unpaired) electrons. The third-order valence-electron chi connectivity index (χ3n) is 1.60. The van der Waals surface area contributed by atoms with Gasteiger partial charge in [-0.15, -0.1) is 0 Å². The minimum absolute atomic E-state index is 0. The van der Waals surface area contributed by atoms with Crippen molar-refractivity contribution in [2.75, 3.05) is 0 Å². The van der Waals surface area contributed by atoms with Crippen LogP contribution in [0.25, 0.3) is 0 Å². The van der Waals surface area contributed by atoms with E-state index in [4.69, 9.17) is 4.74 Å². The Morgan fingerprint density at radius 3 is 2.82 bits per heavy atom. The van der Waals surface area contributed by atoms with Crippen LogP contribution in [0, 0.1) is 0 Å². The molecule has 1 aliphatic heterocycles. The first-order chi connectivity index (χ1) is 4.97. The van der Waals surface area contributed by atoms with Gasteiger partial charge in [0, 0.05) is 19.8 Å². The van der Waals surface area contributed by atoms with Crippen LogP contribution in [-0.2, 0) is 26.2 Å². The van der Waals surface area contributed by atoms with Crippen LogP contribution in [0.4, 0.5) is 0 Å². The van der Waals surface area contributed by atoms with E-state index in [1.807, 2.05) is 24.3 Å². The maximum Gasteiger partial charge on any atom is 0.130 e. The number of para-hydroxylation sites is 1. The number of fused-ring (bicyclic) bond motifs is 1. The van der Waals surface area contributed by atoms with Crippen LogP contribution in [0.3, 0.4) is 0 Å². The maximum atomic E-state index is 5.24. The van der Waals surface area contributed by atoms with Crippen LogP contribution in [-0.4, -0.2) is 0 Å². The van der Waals surface area contributed by atoms with Gasteiger partial charge in [0.2, 0.25) is 0 Å². The van der Waals surface area contributed by atoms with Crippen LogP contribution in [0.1, 0.15) is 5.56 Å². The average Bonchev–Trinajstić information content (AvgIpc) is 2.05. The SMILES string of the molecule is C1=COc2ccccc2C1.[Os]. The first-order valence-corrected chi connectivity index (χ1v) is 3.36. The van der Waals surface area contributed by atoms with E-state index in [0.717, 1.165) is 12.2 Å². The summed E-state index contributed by atoms with van der Waals surface area (Å²) in [4.78, 5) is 0. The second-order valence-electron chi connectivity index (χ2n) is 2.30. The fraction of sp³-hybridized carbons (Fsp3) is 0.111. The molecule has 1 aromatic carbocycles. The smallest absolute Gasteiger partial charge is 0.130 e. The van der Waals surface area contributed by atoms with Crippen molar-refractivity contribution in [3.63, 3.8) is 0 Å². The molecule has 0 bridgehead atoms. The Bertz CT molecular complexity index is 241. The first-order valence-electron chi connectivity index (χ1n) is 3.36. The van der Waals surface area contributed by atoms with E-state index in [1.54, 1.807) is 6.26 Å². The summed E-state index contributed by atoms with van der Waals surface area (Å²) in [5, 5.41) is 0. The van der Waals surface area contributed by atoms with Crippen molar-refractivity contribution in [2.24, 2.45) is 0 Å². The summed E-state index contributed by atoms with van der Waals surface area (Å²) in [6.07, 6.45) is 4.75. The van der Waals surface area contributed by atoms with E-state index in [-0.39, 0.29) is 19.8 Å². The van der Waals surface area contributed by atoms with Crippen LogP contribution in [0.15, 0.2) is 36.6 Å². The molecular weight excluding hydrogens is 314 g/mol. The summed E-state index contributed by atoms with van der Waals surface area (Å²) >= 11 is 0. The predicted octanol–water partition coefficient (Wildman–Crippen LogP) is 2.13. The Morgan fingerprint density at radius 2 is 2.00 bits per heavy atom. The predicted molar refractivity (Wildman–Crippen MR) is 39.9 cm³/mol. The Morgan fingerprint density at radius 1 is 1.18 bits per heavy atom. The average molecular weight is 322 g/mol. The quantitative estimate of drug-likeness (QED) is 0.711. The van der Waals surface area contributed by atoms with E-state index >= 15 is 0 Å². The van der Waals surface area contributed by atoms with Crippen LogP contribution in [0.2, 0.25) is 0 Å².